The largest absolute Gasteiger partial charge is 0.342 e. The number of hydrogen-bond acceptors (Lipinski definition) is 2. The summed E-state index contributed by atoms with van der Waals surface area (Å²) in [5.41, 5.74) is 0.858. The Hall–Kier alpha value is -1.62. The number of alkyl halides is 1. The Balaban J connectivity index is 2.43. The van der Waals surface area contributed by atoms with Crippen LogP contribution in [-0.2, 0) is 17.2 Å². The summed E-state index contributed by atoms with van der Waals surface area (Å²) in [4.78, 5) is 18.1. The Morgan fingerprint density at radius 1 is 1.40 bits per heavy atom. The second-order valence-corrected chi connectivity index (χ2v) is 4.69. The number of nitrogens with zero attached hydrogens (tertiary/aromatic N) is 3. The van der Waals surface area contributed by atoms with Crippen molar-refractivity contribution in [3.05, 3.63) is 29.8 Å². The summed E-state index contributed by atoms with van der Waals surface area (Å²) in [7, 11) is 0. The maximum atomic E-state index is 13.7. The van der Waals surface area contributed by atoms with Crippen molar-refractivity contribution in [3.63, 3.8) is 0 Å². The lowest BCUT2D eigenvalue weighted by atomic mass is 10.3. The predicted octanol–water partition coefficient (Wildman–Crippen LogP) is 2.78. The minimum Gasteiger partial charge on any atom is -0.342 e. The molecule has 0 aliphatic carbocycles. The molecular weight excluding hydrogens is 281 g/mol. The summed E-state index contributed by atoms with van der Waals surface area (Å²) in [5, 5.41) is 0. The van der Waals surface area contributed by atoms with Crippen LogP contribution in [-0.4, -0.2) is 33.4 Å². The lowest BCUT2D eigenvalue weighted by Gasteiger charge is -2.19. The highest BCUT2D eigenvalue weighted by Gasteiger charge is 2.17. The van der Waals surface area contributed by atoms with Crippen LogP contribution < -0.4 is 0 Å². The number of carbonyl (C=O) groups is 1. The average Bonchev–Trinajstić information content (AvgIpc) is 2.80. The van der Waals surface area contributed by atoms with Gasteiger partial charge in [-0.1, -0.05) is 6.07 Å². The van der Waals surface area contributed by atoms with E-state index in [9.17, 15) is 9.18 Å². The minimum absolute atomic E-state index is 0.0232. The van der Waals surface area contributed by atoms with Gasteiger partial charge in [-0.25, -0.2) is 9.37 Å². The van der Waals surface area contributed by atoms with Crippen LogP contribution in [0.2, 0.25) is 0 Å². The zero-order valence-electron chi connectivity index (χ0n) is 11.6. The molecule has 0 atom stereocenters. The van der Waals surface area contributed by atoms with Gasteiger partial charge in [0.05, 0.1) is 11.4 Å². The third kappa shape index (κ3) is 2.63. The van der Waals surface area contributed by atoms with Crippen LogP contribution in [0.5, 0.6) is 0 Å². The van der Waals surface area contributed by atoms with E-state index in [1.165, 1.54) is 6.07 Å². The fourth-order valence-corrected chi connectivity index (χ4v) is 2.45. The topological polar surface area (TPSA) is 38.1 Å². The van der Waals surface area contributed by atoms with Crippen molar-refractivity contribution in [1.29, 1.82) is 0 Å². The Labute approximate surface area is 122 Å². The van der Waals surface area contributed by atoms with Crippen molar-refractivity contribution in [1.82, 2.24) is 14.5 Å². The van der Waals surface area contributed by atoms with Gasteiger partial charge in [-0.05, 0) is 26.0 Å². The maximum absolute atomic E-state index is 13.7. The SMILES string of the molecule is CCN(CC)C(=O)Cn1c(CCl)nc2c(F)cccc21. The highest BCUT2D eigenvalue weighted by molar-refractivity contribution is 6.16. The first-order valence-electron chi connectivity index (χ1n) is 6.59. The van der Waals surface area contributed by atoms with Crippen LogP contribution in [0, 0.1) is 5.82 Å². The molecule has 0 aliphatic rings. The smallest absolute Gasteiger partial charge is 0.242 e. The number of benzene rings is 1. The molecule has 6 heteroatoms. The first-order chi connectivity index (χ1) is 9.62. The molecule has 0 N–H and O–H groups in total. The highest BCUT2D eigenvalue weighted by atomic mass is 35.5. The second-order valence-electron chi connectivity index (χ2n) is 4.42. The monoisotopic (exact) mass is 297 g/mol. The van der Waals surface area contributed by atoms with E-state index in [4.69, 9.17) is 11.6 Å². The van der Waals surface area contributed by atoms with Gasteiger partial charge in [0.2, 0.25) is 5.91 Å². The number of para-hydroxylation sites is 1. The van der Waals surface area contributed by atoms with Crippen molar-refractivity contribution in [2.24, 2.45) is 0 Å². The van der Waals surface area contributed by atoms with Gasteiger partial charge in [-0.15, -0.1) is 11.6 Å². The number of amides is 1. The van der Waals surface area contributed by atoms with Crippen molar-refractivity contribution in [3.8, 4) is 0 Å². The molecule has 20 heavy (non-hydrogen) atoms. The van der Waals surface area contributed by atoms with Gasteiger partial charge >= 0.3 is 0 Å². The van der Waals surface area contributed by atoms with E-state index in [-0.39, 0.29) is 23.8 Å². The number of hydrogen-bond donors (Lipinski definition) is 0. The molecule has 108 valence electrons. The molecule has 1 aromatic carbocycles. The quantitative estimate of drug-likeness (QED) is 0.796. The number of fused-ring (bicyclic) bond motifs is 1. The Kier molecular flexibility index (Phi) is 4.60. The third-order valence-corrected chi connectivity index (χ3v) is 3.58. The van der Waals surface area contributed by atoms with Crippen molar-refractivity contribution < 1.29 is 9.18 Å². The van der Waals surface area contributed by atoms with Crippen molar-refractivity contribution in [2.45, 2.75) is 26.3 Å². The average molecular weight is 298 g/mol. The molecule has 0 saturated heterocycles. The fraction of sp³-hybridized carbons (Fsp3) is 0.429. The van der Waals surface area contributed by atoms with Gasteiger partial charge in [0, 0.05) is 13.1 Å². The Morgan fingerprint density at radius 3 is 2.70 bits per heavy atom. The molecular formula is C14H17ClFN3O. The highest BCUT2D eigenvalue weighted by Crippen LogP contribution is 2.20. The van der Waals surface area contributed by atoms with Crippen LogP contribution in [0.4, 0.5) is 4.39 Å². The number of imidazole rings is 1. The van der Waals surface area contributed by atoms with E-state index in [1.807, 2.05) is 13.8 Å². The van der Waals surface area contributed by atoms with Crippen molar-refractivity contribution >= 4 is 28.5 Å². The maximum Gasteiger partial charge on any atom is 0.242 e. The van der Waals surface area contributed by atoms with Crippen LogP contribution in [0.25, 0.3) is 11.0 Å². The standard InChI is InChI=1S/C14H17ClFN3O/c1-3-18(4-2)13(20)9-19-11-7-5-6-10(16)14(11)17-12(19)8-15/h5-7H,3-4,8-9H2,1-2H3. The summed E-state index contributed by atoms with van der Waals surface area (Å²) < 4.78 is 15.4. The summed E-state index contributed by atoms with van der Waals surface area (Å²) in [5.74, 6) is 0.222. The number of aromatic nitrogens is 2. The van der Waals surface area contributed by atoms with Gasteiger partial charge in [0.1, 0.15) is 17.9 Å². The fourth-order valence-electron chi connectivity index (χ4n) is 2.25. The van der Waals surface area contributed by atoms with Gasteiger partial charge < -0.3 is 9.47 Å². The molecule has 0 spiro atoms. The number of carbonyl (C=O) groups excluding carboxylic acids is 1. The molecule has 0 unspecified atom stereocenters. The summed E-state index contributed by atoms with van der Waals surface area (Å²) >= 11 is 5.86. The molecule has 1 heterocycles. The van der Waals surface area contributed by atoms with Gasteiger partial charge in [0.15, 0.2) is 5.82 Å². The molecule has 0 saturated carbocycles. The molecule has 4 nitrogen and oxygen atoms in total. The molecule has 0 fully saturated rings. The minimum atomic E-state index is -0.400. The van der Waals surface area contributed by atoms with E-state index in [0.717, 1.165) is 0 Å². The van der Waals surface area contributed by atoms with Crippen LogP contribution in [0.1, 0.15) is 19.7 Å². The van der Waals surface area contributed by atoms with Gasteiger partial charge in [-0.3, -0.25) is 4.79 Å². The molecule has 0 bridgehead atoms. The van der Waals surface area contributed by atoms with Gasteiger partial charge in [-0.2, -0.15) is 0 Å². The Bertz CT molecular complexity index is 622. The van der Waals surface area contributed by atoms with E-state index in [1.54, 1.807) is 21.6 Å². The number of likely N-dealkylation sites (N-methyl/N-ethyl adjacent to an activating group) is 1. The van der Waals surface area contributed by atoms with E-state index in [2.05, 4.69) is 4.98 Å². The predicted molar refractivity (Wildman–Crippen MR) is 77.2 cm³/mol. The molecule has 0 radical (unpaired) electrons. The Morgan fingerprint density at radius 2 is 2.10 bits per heavy atom. The summed E-state index contributed by atoms with van der Waals surface area (Å²) in [6.07, 6.45) is 0. The summed E-state index contributed by atoms with van der Waals surface area (Å²) in [6, 6.07) is 4.70. The molecule has 1 aromatic heterocycles. The van der Waals surface area contributed by atoms with Crippen LogP contribution >= 0.6 is 11.6 Å². The molecule has 2 rings (SSSR count). The van der Waals surface area contributed by atoms with E-state index in [0.29, 0.717) is 24.4 Å². The van der Waals surface area contributed by atoms with E-state index < -0.39 is 5.82 Å². The first-order valence-corrected chi connectivity index (χ1v) is 7.13. The molecule has 0 aliphatic heterocycles. The lowest BCUT2D eigenvalue weighted by molar-refractivity contribution is -0.131. The lowest BCUT2D eigenvalue weighted by Crippen LogP contribution is -2.33. The number of rotatable bonds is 5. The van der Waals surface area contributed by atoms with Crippen LogP contribution in [0.3, 0.4) is 0 Å². The van der Waals surface area contributed by atoms with Crippen molar-refractivity contribution in [2.75, 3.05) is 13.1 Å². The first kappa shape index (κ1) is 14.8. The third-order valence-electron chi connectivity index (χ3n) is 3.34. The molecule has 2 aromatic rings. The summed E-state index contributed by atoms with van der Waals surface area (Å²) in [6.45, 7) is 5.27. The number of halogens is 2. The zero-order chi connectivity index (χ0) is 14.7. The van der Waals surface area contributed by atoms with Gasteiger partial charge in [0.25, 0.3) is 0 Å². The zero-order valence-corrected chi connectivity index (χ0v) is 12.3. The second kappa shape index (κ2) is 6.22. The van der Waals surface area contributed by atoms with E-state index >= 15 is 0 Å². The van der Waals surface area contributed by atoms with Crippen LogP contribution in [0.15, 0.2) is 18.2 Å². The normalized spacial score (nSPS) is 11.0. The molecule has 1 amide bonds.